The fourth-order valence-electron chi connectivity index (χ4n) is 4.07. The Morgan fingerprint density at radius 2 is 1.82 bits per heavy atom. The third kappa shape index (κ3) is 4.43. The number of hydrogen-bond donors (Lipinski definition) is 2. The molecule has 1 aliphatic carbocycles. The number of carboxylic acid groups (broad SMARTS) is 1. The summed E-state index contributed by atoms with van der Waals surface area (Å²) in [6.45, 7) is 0. The van der Waals surface area contributed by atoms with Crippen LogP contribution < -0.4 is 4.74 Å². The van der Waals surface area contributed by atoms with E-state index in [0.717, 1.165) is 17.7 Å². The van der Waals surface area contributed by atoms with E-state index in [-0.39, 0.29) is 12.0 Å². The van der Waals surface area contributed by atoms with Gasteiger partial charge in [0.2, 0.25) is 5.88 Å². The molecule has 10 heteroatoms. The molecular weight excluding hydrogens is 449 g/mol. The highest BCUT2D eigenvalue weighted by molar-refractivity contribution is 5.80. The zero-order chi connectivity index (χ0) is 23.9. The van der Waals surface area contributed by atoms with E-state index in [1.54, 1.807) is 30.6 Å². The average molecular weight is 468 g/mol. The molecular formula is C24H19F3N4O3. The van der Waals surface area contributed by atoms with E-state index in [9.17, 15) is 18.0 Å². The van der Waals surface area contributed by atoms with Crippen molar-refractivity contribution in [1.82, 2.24) is 19.9 Å². The number of imidazole rings is 1. The second-order valence-electron chi connectivity index (χ2n) is 8.22. The Morgan fingerprint density at radius 3 is 2.47 bits per heavy atom. The number of halogens is 3. The Kier molecular flexibility index (Phi) is 5.43. The van der Waals surface area contributed by atoms with Gasteiger partial charge in [-0.3, -0.25) is 9.78 Å². The molecule has 3 heterocycles. The summed E-state index contributed by atoms with van der Waals surface area (Å²) in [6, 6.07) is 10.5. The number of carbonyl (C=O) groups is 1. The molecule has 0 saturated heterocycles. The van der Waals surface area contributed by atoms with Crippen molar-refractivity contribution in [2.45, 2.75) is 31.5 Å². The third-order valence-corrected chi connectivity index (χ3v) is 5.90. The highest BCUT2D eigenvalue weighted by Gasteiger charge is 2.31. The minimum absolute atomic E-state index is 0.159. The number of pyridine rings is 2. The van der Waals surface area contributed by atoms with Crippen LogP contribution in [0.15, 0.2) is 54.9 Å². The van der Waals surface area contributed by atoms with Crippen LogP contribution in [0.5, 0.6) is 5.88 Å². The fourth-order valence-corrected chi connectivity index (χ4v) is 4.07. The molecule has 174 valence electrons. The van der Waals surface area contributed by atoms with Crippen molar-refractivity contribution >= 4 is 17.0 Å². The van der Waals surface area contributed by atoms with E-state index < -0.39 is 17.7 Å². The van der Waals surface area contributed by atoms with Gasteiger partial charge in [0.25, 0.3) is 0 Å². The Balaban J connectivity index is 1.29. The molecule has 34 heavy (non-hydrogen) atoms. The first-order chi connectivity index (χ1) is 16.3. The van der Waals surface area contributed by atoms with Crippen LogP contribution in [0.4, 0.5) is 13.2 Å². The Hall–Kier alpha value is -3.95. The Labute approximate surface area is 191 Å². The first kappa shape index (κ1) is 21.9. The van der Waals surface area contributed by atoms with E-state index in [1.807, 2.05) is 6.07 Å². The van der Waals surface area contributed by atoms with Gasteiger partial charge in [0.1, 0.15) is 11.9 Å². The van der Waals surface area contributed by atoms with Gasteiger partial charge in [-0.25, -0.2) is 9.97 Å². The number of benzene rings is 1. The van der Waals surface area contributed by atoms with Gasteiger partial charge >= 0.3 is 12.1 Å². The quantitative estimate of drug-likeness (QED) is 0.410. The van der Waals surface area contributed by atoms with Crippen molar-refractivity contribution in [2.24, 2.45) is 5.92 Å². The van der Waals surface area contributed by atoms with Gasteiger partial charge in [0, 0.05) is 29.6 Å². The zero-order valence-corrected chi connectivity index (χ0v) is 17.7. The van der Waals surface area contributed by atoms with Crippen LogP contribution in [0.25, 0.3) is 33.7 Å². The smallest absolute Gasteiger partial charge is 0.416 e. The lowest BCUT2D eigenvalue weighted by molar-refractivity contribution is -0.141. The summed E-state index contributed by atoms with van der Waals surface area (Å²) < 4.78 is 44.6. The van der Waals surface area contributed by atoms with Gasteiger partial charge in [0.15, 0.2) is 0 Å². The van der Waals surface area contributed by atoms with Crippen molar-refractivity contribution in [3.8, 4) is 28.5 Å². The topological polar surface area (TPSA) is 101 Å². The minimum Gasteiger partial charge on any atom is -0.481 e. The Bertz CT molecular complexity index is 1330. The number of rotatable bonds is 5. The van der Waals surface area contributed by atoms with Crippen molar-refractivity contribution in [2.75, 3.05) is 0 Å². The molecule has 4 aromatic rings. The molecule has 1 fully saturated rings. The van der Waals surface area contributed by atoms with E-state index in [1.165, 1.54) is 6.07 Å². The van der Waals surface area contributed by atoms with Gasteiger partial charge in [0.05, 0.1) is 28.2 Å². The normalized spacial score (nSPS) is 18.3. The number of aliphatic carboxylic acids is 1. The molecule has 0 radical (unpaired) electrons. The zero-order valence-electron chi connectivity index (χ0n) is 17.7. The number of aromatic nitrogens is 4. The van der Waals surface area contributed by atoms with Crippen LogP contribution in [0, 0.1) is 5.92 Å². The number of ether oxygens (including phenoxy) is 1. The first-order valence-corrected chi connectivity index (χ1v) is 10.7. The highest BCUT2D eigenvalue weighted by Crippen LogP contribution is 2.32. The van der Waals surface area contributed by atoms with Crippen molar-refractivity contribution in [1.29, 1.82) is 0 Å². The van der Waals surface area contributed by atoms with Gasteiger partial charge in [-0.15, -0.1) is 0 Å². The second-order valence-corrected chi connectivity index (χ2v) is 8.22. The number of nitrogens with one attached hydrogen (secondary N) is 1. The molecule has 2 atom stereocenters. The van der Waals surface area contributed by atoms with E-state index in [0.29, 0.717) is 53.3 Å². The molecule has 0 aliphatic heterocycles. The molecule has 0 unspecified atom stereocenters. The summed E-state index contributed by atoms with van der Waals surface area (Å²) >= 11 is 0. The summed E-state index contributed by atoms with van der Waals surface area (Å²) in [5.41, 5.74) is 2.04. The number of aromatic amines is 1. The standard InChI is InChI=1S/C24H19F3N4O3/c25-24(26,27)16-4-7-19-20(10-16)31-22(30-19)15-2-6-18(28-12-15)14-3-8-21(29-11-14)34-17-5-1-13(9-17)23(32)33/h2-4,6-8,10-13,17H,1,5,9H2,(H,30,31)(H,32,33)/t13-,17+/m0/s1. The molecule has 0 amide bonds. The van der Waals surface area contributed by atoms with Crippen molar-refractivity contribution < 1.29 is 27.8 Å². The van der Waals surface area contributed by atoms with E-state index >= 15 is 0 Å². The summed E-state index contributed by atoms with van der Waals surface area (Å²) in [6.07, 6.45) is 0.392. The number of fused-ring (bicyclic) bond motifs is 1. The first-order valence-electron chi connectivity index (χ1n) is 10.7. The van der Waals surface area contributed by atoms with Crippen LogP contribution in [0.3, 0.4) is 0 Å². The lowest BCUT2D eigenvalue weighted by atomic mass is 10.1. The predicted octanol–water partition coefficient (Wildman–Crippen LogP) is 5.34. The number of carboxylic acids is 1. The second kappa shape index (κ2) is 8.44. The summed E-state index contributed by atoms with van der Waals surface area (Å²) in [5.74, 6) is -0.313. The monoisotopic (exact) mass is 468 g/mol. The Morgan fingerprint density at radius 1 is 1.03 bits per heavy atom. The molecule has 1 aromatic carbocycles. The average Bonchev–Trinajstić information content (AvgIpc) is 3.46. The number of nitrogens with zero attached hydrogens (tertiary/aromatic N) is 3. The third-order valence-electron chi connectivity index (χ3n) is 5.90. The predicted molar refractivity (Wildman–Crippen MR) is 117 cm³/mol. The highest BCUT2D eigenvalue weighted by atomic mass is 19.4. The van der Waals surface area contributed by atoms with Crippen molar-refractivity contribution in [3.63, 3.8) is 0 Å². The lowest BCUT2D eigenvalue weighted by Crippen LogP contribution is -2.16. The molecule has 0 spiro atoms. The van der Waals surface area contributed by atoms with Gasteiger partial charge < -0.3 is 14.8 Å². The van der Waals surface area contributed by atoms with E-state index in [4.69, 9.17) is 9.84 Å². The van der Waals surface area contributed by atoms with Gasteiger partial charge in [-0.1, -0.05) is 0 Å². The van der Waals surface area contributed by atoms with Crippen LogP contribution in [-0.2, 0) is 11.0 Å². The minimum atomic E-state index is -4.42. The summed E-state index contributed by atoms with van der Waals surface area (Å²) in [7, 11) is 0. The van der Waals surface area contributed by atoms with Gasteiger partial charge in [-0.05, 0) is 55.7 Å². The molecule has 3 aromatic heterocycles. The molecule has 1 saturated carbocycles. The maximum absolute atomic E-state index is 12.9. The number of H-pyrrole nitrogens is 1. The van der Waals surface area contributed by atoms with Crippen LogP contribution >= 0.6 is 0 Å². The maximum Gasteiger partial charge on any atom is 0.416 e. The van der Waals surface area contributed by atoms with Crippen LogP contribution in [0.1, 0.15) is 24.8 Å². The SMILES string of the molecule is O=C(O)[C@H]1CC[C@@H](Oc2ccc(-c3ccc(-c4nc5ccc(C(F)(F)F)cc5[nH]4)cn3)cn2)C1. The van der Waals surface area contributed by atoms with Crippen LogP contribution in [-0.4, -0.2) is 37.1 Å². The van der Waals surface area contributed by atoms with Gasteiger partial charge in [-0.2, -0.15) is 13.2 Å². The molecule has 1 aliphatic rings. The maximum atomic E-state index is 12.9. The summed E-state index contributed by atoms with van der Waals surface area (Å²) in [5, 5.41) is 9.10. The molecule has 5 rings (SSSR count). The molecule has 2 N–H and O–H groups in total. The molecule has 0 bridgehead atoms. The summed E-state index contributed by atoms with van der Waals surface area (Å²) in [4.78, 5) is 27.1. The fraction of sp³-hybridized carbons (Fsp3) is 0.250. The number of alkyl halides is 3. The van der Waals surface area contributed by atoms with Crippen molar-refractivity contribution in [3.05, 3.63) is 60.4 Å². The lowest BCUT2D eigenvalue weighted by Gasteiger charge is -2.12. The van der Waals surface area contributed by atoms with Crippen LogP contribution in [0.2, 0.25) is 0 Å². The molecule has 7 nitrogen and oxygen atoms in total. The largest absolute Gasteiger partial charge is 0.481 e. The van der Waals surface area contributed by atoms with E-state index in [2.05, 4.69) is 19.9 Å². The number of hydrogen-bond acceptors (Lipinski definition) is 5.